The number of primary sulfonamides is 1. The highest BCUT2D eigenvalue weighted by atomic mass is 32.2. The topological polar surface area (TPSA) is 101 Å². The van der Waals surface area contributed by atoms with Crippen LogP contribution in [0.25, 0.3) is 0 Å². The van der Waals surface area contributed by atoms with Gasteiger partial charge in [0.15, 0.2) is 0 Å². The van der Waals surface area contributed by atoms with E-state index in [9.17, 15) is 8.42 Å². The first kappa shape index (κ1) is 12.6. The maximum atomic E-state index is 11.1. The number of hydrogen-bond donors (Lipinski definition) is 3. The Labute approximate surface area is 105 Å². The lowest BCUT2D eigenvalue weighted by Gasteiger charge is -2.06. The second-order valence-corrected chi connectivity index (χ2v) is 5.46. The molecule has 2 rings (SSSR count). The number of nitrogens with one attached hydrogen (secondary N) is 2. The number of hydrogen-bond acceptors (Lipinski definition) is 4. The van der Waals surface area contributed by atoms with E-state index in [1.54, 1.807) is 18.5 Å². The van der Waals surface area contributed by atoms with Gasteiger partial charge in [-0.1, -0.05) is 0 Å². The van der Waals surface area contributed by atoms with Crippen LogP contribution in [0.4, 0.5) is 5.69 Å². The van der Waals surface area contributed by atoms with Crippen LogP contribution < -0.4 is 10.5 Å². The highest BCUT2D eigenvalue weighted by Crippen LogP contribution is 2.13. The molecule has 0 saturated carbocycles. The van der Waals surface area contributed by atoms with Crippen molar-refractivity contribution in [3.8, 4) is 0 Å². The molecule has 0 saturated heterocycles. The Kier molecular flexibility index (Phi) is 3.35. The number of aromatic amines is 1. The van der Waals surface area contributed by atoms with Gasteiger partial charge in [0.25, 0.3) is 0 Å². The number of imidazole rings is 1. The molecule has 0 radical (unpaired) electrons. The van der Waals surface area contributed by atoms with Gasteiger partial charge in [-0.2, -0.15) is 0 Å². The Morgan fingerprint density at radius 2 is 2.00 bits per heavy atom. The van der Waals surface area contributed by atoms with Crippen molar-refractivity contribution in [1.82, 2.24) is 9.97 Å². The number of anilines is 1. The van der Waals surface area contributed by atoms with Crippen LogP contribution in [0.3, 0.4) is 0 Å². The monoisotopic (exact) mass is 266 g/mol. The maximum Gasteiger partial charge on any atom is 0.238 e. The van der Waals surface area contributed by atoms with Gasteiger partial charge >= 0.3 is 0 Å². The van der Waals surface area contributed by atoms with Crippen molar-refractivity contribution in [2.24, 2.45) is 5.14 Å². The van der Waals surface area contributed by atoms with Gasteiger partial charge in [0.2, 0.25) is 10.0 Å². The molecule has 4 N–H and O–H groups in total. The summed E-state index contributed by atoms with van der Waals surface area (Å²) in [6.07, 6.45) is 1.64. The summed E-state index contributed by atoms with van der Waals surface area (Å²) in [4.78, 5) is 7.24. The van der Waals surface area contributed by atoms with Crippen molar-refractivity contribution in [2.75, 3.05) is 5.32 Å². The van der Waals surface area contributed by atoms with Gasteiger partial charge in [-0.3, -0.25) is 0 Å². The molecule has 1 heterocycles. The predicted octanol–water partition coefficient (Wildman–Crippen LogP) is 0.978. The van der Waals surface area contributed by atoms with Crippen LogP contribution in [0.5, 0.6) is 0 Å². The average molecular weight is 266 g/mol. The summed E-state index contributed by atoms with van der Waals surface area (Å²) < 4.78 is 22.2. The molecular weight excluding hydrogens is 252 g/mol. The van der Waals surface area contributed by atoms with Gasteiger partial charge in [-0.15, -0.1) is 0 Å². The Balaban J connectivity index is 2.05. The Hall–Kier alpha value is -1.86. The molecule has 0 aliphatic carbocycles. The number of sulfonamides is 1. The lowest BCUT2D eigenvalue weighted by Crippen LogP contribution is -2.12. The zero-order chi connectivity index (χ0) is 13.2. The maximum absolute atomic E-state index is 11.1. The molecule has 1 aromatic heterocycles. The van der Waals surface area contributed by atoms with Gasteiger partial charge in [0.05, 0.1) is 23.5 Å². The average Bonchev–Trinajstić information content (AvgIpc) is 2.72. The van der Waals surface area contributed by atoms with Crippen molar-refractivity contribution in [3.05, 3.63) is 42.0 Å². The van der Waals surface area contributed by atoms with Crippen molar-refractivity contribution in [1.29, 1.82) is 0 Å². The molecule has 0 fully saturated rings. The molecule has 0 aliphatic rings. The smallest absolute Gasteiger partial charge is 0.238 e. The summed E-state index contributed by atoms with van der Waals surface area (Å²) in [5.74, 6) is 0. The first-order valence-corrected chi connectivity index (χ1v) is 6.87. The minimum Gasteiger partial charge on any atom is -0.379 e. The van der Waals surface area contributed by atoms with Crippen molar-refractivity contribution in [3.63, 3.8) is 0 Å². The van der Waals surface area contributed by atoms with Crippen molar-refractivity contribution < 1.29 is 8.42 Å². The van der Waals surface area contributed by atoms with E-state index in [1.165, 1.54) is 12.1 Å². The van der Waals surface area contributed by atoms with Crippen LogP contribution in [0, 0.1) is 6.92 Å². The molecular formula is C11H14N4O2S. The quantitative estimate of drug-likeness (QED) is 0.767. The number of H-pyrrole nitrogens is 1. The molecule has 0 atom stereocenters. The standard InChI is InChI=1S/C11H14N4O2S/c1-8-11(15-7-14-8)6-13-9-2-4-10(5-3-9)18(12,16)17/h2-5,7,13H,6H2,1H3,(H,14,15)(H2,12,16,17). The largest absolute Gasteiger partial charge is 0.379 e. The van der Waals surface area contributed by atoms with E-state index in [2.05, 4.69) is 15.3 Å². The molecule has 0 unspecified atom stereocenters. The van der Waals surface area contributed by atoms with Gasteiger partial charge < -0.3 is 10.3 Å². The Morgan fingerprint density at radius 3 is 2.50 bits per heavy atom. The van der Waals surface area contributed by atoms with Gasteiger partial charge in [-0.25, -0.2) is 18.5 Å². The molecule has 0 spiro atoms. The van der Waals surface area contributed by atoms with Crippen LogP contribution >= 0.6 is 0 Å². The zero-order valence-electron chi connectivity index (χ0n) is 9.84. The van der Waals surface area contributed by atoms with E-state index in [4.69, 9.17) is 5.14 Å². The number of nitrogens with zero attached hydrogens (tertiary/aromatic N) is 1. The van der Waals surface area contributed by atoms with Crippen LogP contribution in [0.15, 0.2) is 35.5 Å². The summed E-state index contributed by atoms with van der Waals surface area (Å²) in [6, 6.07) is 6.27. The first-order chi connectivity index (χ1) is 8.47. The molecule has 7 heteroatoms. The molecule has 6 nitrogen and oxygen atoms in total. The molecule has 1 aromatic carbocycles. The minimum absolute atomic E-state index is 0.101. The number of nitrogens with two attached hydrogens (primary N) is 1. The number of aryl methyl sites for hydroxylation is 1. The van der Waals surface area contributed by atoms with Crippen LogP contribution in [0.1, 0.15) is 11.4 Å². The third-order valence-electron chi connectivity index (χ3n) is 2.58. The highest BCUT2D eigenvalue weighted by Gasteiger charge is 2.06. The molecule has 2 aromatic rings. The Morgan fingerprint density at radius 1 is 1.33 bits per heavy atom. The normalized spacial score (nSPS) is 11.4. The highest BCUT2D eigenvalue weighted by molar-refractivity contribution is 7.89. The summed E-state index contributed by atoms with van der Waals surface area (Å²) in [5, 5.41) is 8.16. The minimum atomic E-state index is -3.63. The molecule has 0 bridgehead atoms. The predicted molar refractivity (Wildman–Crippen MR) is 68.5 cm³/mol. The molecule has 18 heavy (non-hydrogen) atoms. The van der Waals surface area contributed by atoms with Gasteiger partial charge in [-0.05, 0) is 31.2 Å². The van der Waals surface area contributed by atoms with E-state index >= 15 is 0 Å². The van der Waals surface area contributed by atoms with Gasteiger partial charge in [0, 0.05) is 11.4 Å². The van der Waals surface area contributed by atoms with E-state index < -0.39 is 10.0 Å². The molecule has 96 valence electrons. The molecule has 0 aliphatic heterocycles. The van der Waals surface area contributed by atoms with Crippen molar-refractivity contribution in [2.45, 2.75) is 18.4 Å². The third kappa shape index (κ3) is 2.88. The Bertz CT molecular complexity index is 631. The lowest BCUT2D eigenvalue weighted by atomic mass is 10.3. The van der Waals surface area contributed by atoms with Crippen LogP contribution in [0.2, 0.25) is 0 Å². The third-order valence-corrected chi connectivity index (χ3v) is 3.51. The van der Waals surface area contributed by atoms with E-state index in [0.29, 0.717) is 6.54 Å². The van der Waals surface area contributed by atoms with Crippen molar-refractivity contribution >= 4 is 15.7 Å². The first-order valence-electron chi connectivity index (χ1n) is 5.32. The summed E-state index contributed by atoms with van der Waals surface area (Å²) >= 11 is 0. The fourth-order valence-electron chi connectivity index (χ4n) is 1.51. The van der Waals surface area contributed by atoms with E-state index in [-0.39, 0.29) is 4.90 Å². The molecule has 0 amide bonds. The number of benzene rings is 1. The second-order valence-electron chi connectivity index (χ2n) is 3.90. The van der Waals surface area contributed by atoms with Crippen LogP contribution in [-0.2, 0) is 16.6 Å². The summed E-state index contributed by atoms with van der Waals surface area (Å²) in [5.41, 5.74) is 2.74. The summed E-state index contributed by atoms with van der Waals surface area (Å²) in [6.45, 7) is 2.51. The van der Waals surface area contributed by atoms with Gasteiger partial charge in [0.1, 0.15) is 0 Å². The fraction of sp³-hybridized carbons (Fsp3) is 0.182. The van der Waals surface area contributed by atoms with E-state index in [1.807, 2.05) is 6.92 Å². The van der Waals surface area contributed by atoms with E-state index in [0.717, 1.165) is 17.1 Å². The fourth-order valence-corrected chi connectivity index (χ4v) is 2.03. The number of rotatable bonds is 4. The summed E-state index contributed by atoms with van der Waals surface area (Å²) in [7, 11) is -3.63. The second kappa shape index (κ2) is 4.79. The zero-order valence-corrected chi connectivity index (χ0v) is 10.7. The SMILES string of the molecule is Cc1[nH]cnc1CNc1ccc(S(N)(=O)=O)cc1. The lowest BCUT2D eigenvalue weighted by molar-refractivity contribution is 0.598. The number of aromatic nitrogens is 2. The van der Waals surface area contributed by atoms with Crippen LogP contribution in [-0.4, -0.2) is 18.4 Å².